The summed E-state index contributed by atoms with van der Waals surface area (Å²) >= 11 is 0. The Bertz CT molecular complexity index is 2260. The summed E-state index contributed by atoms with van der Waals surface area (Å²) in [7, 11) is 0. The summed E-state index contributed by atoms with van der Waals surface area (Å²) in [5, 5.41) is 5.28. The molecule has 0 aliphatic heterocycles. The van der Waals surface area contributed by atoms with Crippen LogP contribution in [0.4, 0.5) is 0 Å². The van der Waals surface area contributed by atoms with Crippen molar-refractivity contribution < 1.29 is 0 Å². The summed E-state index contributed by atoms with van der Waals surface area (Å²) in [6.45, 7) is 0. The zero-order valence-electron chi connectivity index (χ0n) is 28.5. The third kappa shape index (κ3) is 4.02. The molecule has 0 spiro atoms. The topological polar surface area (TPSA) is 9.86 Å². The number of rotatable bonds is 4. The fraction of sp³-hybridized carbons (Fsp3) is 0.250. The summed E-state index contributed by atoms with van der Waals surface area (Å²) in [5.74, 6) is 3.11. The van der Waals surface area contributed by atoms with Crippen LogP contribution in [0.1, 0.15) is 56.1 Å². The lowest BCUT2D eigenvalue weighted by Crippen LogP contribution is -2.42. The van der Waals surface area contributed by atoms with Gasteiger partial charge < -0.3 is 9.13 Å². The van der Waals surface area contributed by atoms with Gasteiger partial charge in [-0.2, -0.15) is 0 Å². The number of aromatic nitrogens is 2. The van der Waals surface area contributed by atoms with E-state index in [2.05, 4.69) is 155 Å². The normalized spacial score (nSPS) is 22.8. The molecule has 6 aromatic carbocycles. The van der Waals surface area contributed by atoms with E-state index in [1.807, 2.05) is 0 Å². The highest BCUT2D eigenvalue weighted by Crippen LogP contribution is 2.61. The fourth-order valence-electron chi connectivity index (χ4n) is 11.5. The van der Waals surface area contributed by atoms with Gasteiger partial charge in [0.2, 0.25) is 0 Å². The Balaban J connectivity index is 1.09. The molecular formula is C48H42N2. The summed E-state index contributed by atoms with van der Waals surface area (Å²) < 4.78 is 4.94. The van der Waals surface area contributed by atoms with Gasteiger partial charge in [-0.25, -0.2) is 0 Å². The molecule has 0 amide bonds. The molecule has 4 aliphatic carbocycles. The molecule has 4 fully saturated rings. The zero-order chi connectivity index (χ0) is 32.8. The van der Waals surface area contributed by atoms with E-state index in [1.165, 1.54) is 111 Å². The van der Waals surface area contributed by atoms with Gasteiger partial charge in [0, 0.05) is 38.3 Å². The molecule has 4 bridgehead atoms. The summed E-state index contributed by atoms with van der Waals surface area (Å²) in [6, 6.07) is 55.3. The van der Waals surface area contributed by atoms with Crippen LogP contribution < -0.4 is 0 Å². The first-order chi connectivity index (χ1) is 24.8. The zero-order valence-corrected chi connectivity index (χ0v) is 28.5. The maximum absolute atomic E-state index is 2.53. The van der Waals surface area contributed by atoms with Crippen molar-refractivity contribution in [3.05, 3.63) is 157 Å². The molecule has 244 valence electrons. The van der Waals surface area contributed by atoms with Gasteiger partial charge in [0.05, 0.1) is 22.1 Å². The standard InChI is InChI=1S/C48H42N2/c1-5-13-44-40(9-1)41-10-2-6-14-45(41)49(44)38-25-21-34(22-26-38)48(36-19-17-32-29-33(31-36)18-20-37(48)30-32)35-23-27-39(28-24-35)50-46-15-7-3-11-42(46)43-12-4-8-16-47(43)50/h1-16,21-28,32-33,36-37H,17-20,29-31H2. The largest absolute Gasteiger partial charge is 0.309 e. The highest BCUT2D eigenvalue weighted by Gasteiger charge is 2.54. The molecule has 0 saturated heterocycles. The van der Waals surface area contributed by atoms with E-state index in [0.29, 0.717) is 11.8 Å². The van der Waals surface area contributed by atoms with E-state index in [-0.39, 0.29) is 5.41 Å². The highest BCUT2D eigenvalue weighted by molar-refractivity contribution is 6.10. The van der Waals surface area contributed by atoms with Crippen LogP contribution in [0.2, 0.25) is 0 Å². The minimum Gasteiger partial charge on any atom is -0.309 e. The number of fused-ring (bicyclic) bond motifs is 8. The first kappa shape index (κ1) is 28.7. The Hall–Kier alpha value is -5.08. The van der Waals surface area contributed by atoms with Gasteiger partial charge in [-0.15, -0.1) is 0 Å². The average Bonchev–Trinajstić information content (AvgIpc) is 3.32. The van der Waals surface area contributed by atoms with Gasteiger partial charge in [0.15, 0.2) is 0 Å². The second-order valence-corrected chi connectivity index (χ2v) is 15.7. The summed E-state index contributed by atoms with van der Waals surface area (Å²) in [4.78, 5) is 0. The minimum atomic E-state index is 0.0304. The van der Waals surface area contributed by atoms with E-state index in [4.69, 9.17) is 0 Å². The molecule has 2 heterocycles. The molecule has 0 radical (unpaired) electrons. The van der Waals surface area contributed by atoms with Crippen LogP contribution in [0.15, 0.2) is 146 Å². The third-order valence-electron chi connectivity index (χ3n) is 13.4. The molecular weight excluding hydrogens is 605 g/mol. The smallest absolute Gasteiger partial charge is 0.0541 e. The number of hydrogen-bond acceptors (Lipinski definition) is 0. The van der Waals surface area contributed by atoms with Crippen molar-refractivity contribution in [1.82, 2.24) is 9.13 Å². The van der Waals surface area contributed by atoms with Gasteiger partial charge in [-0.05, 0) is 115 Å². The monoisotopic (exact) mass is 646 g/mol. The van der Waals surface area contributed by atoms with E-state index >= 15 is 0 Å². The molecule has 2 aromatic heterocycles. The number of hydrogen-bond donors (Lipinski definition) is 0. The Kier molecular flexibility index (Phi) is 6.30. The summed E-state index contributed by atoms with van der Waals surface area (Å²) in [5.41, 5.74) is 10.7. The lowest BCUT2D eigenvalue weighted by atomic mass is 9.56. The van der Waals surface area contributed by atoms with Crippen LogP contribution in [-0.2, 0) is 5.41 Å². The van der Waals surface area contributed by atoms with Gasteiger partial charge >= 0.3 is 0 Å². The molecule has 2 heteroatoms. The molecule has 4 atom stereocenters. The van der Waals surface area contributed by atoms with Crippen molar-refractivity contribution in [2.24, 2.45) is 23.7 Å². The maximum atomic E-state index is 2.53. The molecule has 12 rings (SSSR count). The van der Waals surface area contributed by atoms with Crippen LogP contribution in [-0.4, -0.2) is 9.13 Å². The molecule has 4 aliphatic rings. The lowest BCUT2D eigenvalue weighted by molar-refractivity contribution is 0.189. The first-order valence-corrected chi connectivity index (χ1v) is 19.0. The van der Waals surface area contributed by atoms with E-state index < -0.39 is 0 Å². The van der Waals surface area contributed by atoms with Crippen molar-refractivity contribution >= 4 is 43.6 Å². The number of para-hydroxylation sites is 4. The van der Waals surface area contributed by atoms with Crippen molar-refractivity contribution in [3.63, 3.8) is 0 Å². The fourth-order valence-corrected chi connectivity index (χ4v) is 11.5. The summed E-state index contributed by atoms with van der Waals surface area (Å²) in [6.07, 6.45) is 9.70. The molecule has 2 nitrogen and oxygen atoms in total. The highest BCUT2D eigenvalue weighted by atomic mass is 15.0. The van der Waals surface area contributed by atoms with Gasteiger partial charge in [0.25, 0.3) is 0 Å². The maximum Gasteiger partial charge on any atom is 0.0541 e. The van der Waals surface area contributed by atoms with Crippen LogP contribution in [0, 0.1) is 23.7 Å². The predicted molar refractivity (Wildman–Crippen MR) is 209 cm³/mol. The van der Waals surface area contributed by atoms with Crippen LogP contribution in [0.5, 0.6) is 0 Å². The quantitative estimate of drug-likeness (QED) is 0.180. The Morgan fingerprint density at radius 1 is 0.360 bits per heavy atom. The van der Waals surface area contributed by atoms with E-state index in [9.17, 15) is 0 Å². The Labute approximate surface area is 294 Å². The second-order valence-electron chi connectivity index (χ2n) is 15.7. The second kappa shape index (κ2) is 11.0. The third-order valence-corrected chi connectivity index (χ3v) is 13.4. The van der Waals surface area contributed by atoms with E-state index in [1.54, 1.807) is 0 Å². The average molecular weight is 647 g/mol. The Morgan fingerprint density at radius 3 is 1.06 bits per heavy atom. The minimum absolute atomic E-state index is 0.0304. The first-order valence-electron chi connectivity index (χ1n) is 19.0. The van der Waals surface area contributed by atoms with Gasteiger partial charge in [-0.1, -0.05) is 110 Å². The lowest BCUT2D eigenvalue weighted by Gasteiger charge is -2.47. The molecule has 4 unspecified atom stereocenters. The Morgan fingerprint density at radius 2 is 0.700 bits per heavy atom. The van der Waals surface area contributed by atoms with Crippen molar-refractivity contribution in [2.75, 3.05) is 0 Å². The van der Waals surface area contributed by atoms with Gasteiger partial charge in [0.1, 0.15) is 0 Å². The van der Waals surface area contributed by atoms with Crippen LogP contribution in [0.25, 0.3) is 55.0 Å². The predicted octanol–water partition coefficient (Wildman–Crippen LogP) is 12.4. The van der Waals surface area contributed by atoms with Crippen LogP contribution >= 0.6 is 0 Å². The SMILES string of the molecule is c1ccc2c(c1)c1ccccc1n2-c1ccc(C2(c3ccc(-n4c5ccccc5c5ccccc54)cc3)C3CCC4CC(CCC2C4)C3)cc1. The molecule has 4 saturated carbocycles. The molecule has 50 heavy (non-hydrogen) atoms. The molecule has 8 aromatic rings. The van der Waals surface area contributed by atoms with Crippen LogP contribution in [0.3, 0.4) is 0 Å². The number of benzene rings is 6. The van der Waals surface area contributed by atoms with Crippen molar-refractivity contribution in [1.29, 1.82) is 0 Å². The van der Waals surface area contributed by atoms with Gasteiger partial charge in [-0.3, -0.25) is 0 Å². The van der Waals surface area contributed by atoms with Crippen molar-refractivity contribution in [2.45, 2.75) is 50.4 Å². The van der Waals surface area contributed by atoms with Crippen molar-refractivity contribution in [3.8, 4) is 11.4 Å². The number of nitrogens with zero attached hydrogens (tertiary/aromatic N) is 2. The molecule has 0 N–H and O–H groups in total. The van der Waals surface area contributed by atoms with E-state index in [0.717, 1.165) is 11.8 Å².